The summed E-state index contributed by atoms with van der Waals surface area (Å²) >= 11 is 0. The van der Waals surface area contributed by atoms with E-state index in [1.807, 2.05) is 33.8 Å². The lowest BCUT2D eigenvalue weighted by atomic mass is 9.79. The normalized spacial score (nSPS) is 19.2. The van der Waals surface area contributed by atoms with E-state index in [1.165, 1.54) is 0 Å². The molecule has 140 valence electrons. The fraction of sp³-hybridized carbons (Fsp3) is 0.667. The van der Waals surface area contributed by atoms with Crippen LogP contribution in [0.25, 0.3) is 0 Å². The van der Waals surface area contributed by atoms with E-state index in [-0.39, 0.29) is 12.5 Å². The average Bonchev–Trinajstić information content (AvgIpc) is 2.65. The average molecular weight is 366 g/mol. The molecular weight excluding hydrogens is 335 g/mol. The lowest BCUT2D eigenvalue weighted by molar-refractivity contribution is 0.00578. The van der Waals surface area contributed by atoms with Crippen LogP contribution in [0.15, 0.2) is 18.2 Å². The molecule has 0 aromatic heterocycles. The van der Waals surface area contributed by atoms with Crippen LogP contribution in [-0.4, -0.2) is 44.9 Å². The summed E-state index contributed by atoms with van der Waals surface area (Å²) in [6, 6.07) is 6.12. The molecule has 1 aromatic carbocycles. The van der Waals surface area contributed by atoms with Crippen LogP contribution >= 0.6 is 0 Å². The van der Waals surface area contributed by atoms with E-state index in [9.17, 15) is 5.11 Å². The fourth-order valence-corrected chi connectivity index (χ4v) is 3.11. The maximum absolute atomic E-state index is 10.00. The molecule has 5 nitrogen and oxygen atoms in total. The molecule has 1 N–H and O–H groups in total. The van der Waals surface area contributed by atoms with E-state index >= 15 is 0 Å². The maximum Gasteiger partial charge on any atom is 0.495 e. The van der Waals surface area contributed by atoms with Crippen molar-refractivity contribution in [2.45, 2.75) is 64.6 Å². The van der Waals surface area contributed by atoms with Gasteiger partial charge in [0.1, 0.15) is 11.5 Å². The van der Waals surface area contributed by atoms with Gasteiger partial charge in [-0.15, -0.1) is 0 Å². The molecule has 7 heteroatoms. The van der Waals surface area contributed by atoms with Gasteiger partial charge in [-0.3, -0.25) is 0 Å². The van der Waals surface area contributed by atoms with Crippen molar-refractivity contribution in [2.24, 2.45) is 0 Å². The summed E-state index contributed by atoms with van der Waals surface area (Å²) in [5.41, 5.74) is -0.121. The van der Waals surface area contributed by atoms with E-state index in [1.54, 1.807) is 12.1 Å². The van der Waals surface area contributed by atoms with Gasteiger partial charge in [0.2, 0.25) is 0 Å². The largest absolute Gasteiger partial charge is 0.508 e. The molecule has 0 bridgehead atoms. The van der Waals surface area contributed by atoms with Crippen LogP contribution in [0.4, 0.5) is 0 Å². The number of ether oxygens (including phenoxy) is 2. The predicted molar refractivity (Wildman–Crippen MR) is 103 cm³/mol. The van der Waals surface area contributed by atoms with E-state index in [4.69, 9.17) is 18.8 Å². The predicted octanol–water partition coefficient (Wildman–Crippen LogP) is 3.38. The van der Waals surface area contributed by atoms with Gasteiger partial charge in [0.25, 0.3) is 0 Å². The smallest absolute Gasteiger partial charge is 0.495 e. The Kier molecular flexibility index (Phi) is 5.93. The Morgan fingerprint density at radius 1 is 1.04 bits per heavy atom. The minimum atomic E-state index is -1.10. The zero-order valence-corrected chi connectivity index (χ0v) is 17.5. The molecule has 1 aliphatic heterocycles. The van der Waals surface area contributed by atoms with Gasteiger partial charge in [-0.2, -0.15) is 0 Å². The number of phenolic OH excluding ortho intramolecular Hbond substituents is 1. The molecule has 0 spiro atoms. The molecule has 0 atom stereocenters. The summed E-state index contributed by atoms with van der Waals surface area (Å²) in [6.07, 6.45) is 0. The second kappa shape index (κ2) is 7.31. The molecule has 0 aliphatic carbocycles. The van der Waals surface area contributed by atoms with Crippen LogP contribution in [-0.2, 0) is 14.0 Å². The highest BCUT2D eigenvalue weighted by molar-refractivity contribution is 6.76. The maximum atomic E-state index is 10.00. The van der Waals surface area contributed by atoms with Gasteiger partial charge >= 0.3 is 7.12 Å². The Hall–Kier alpha value is -1.02. The third-order valence-electron chi connectivity index (χ3n) is 4.74. The Morgan fingerprint density at radius 3 is 2.20 bits per heavy atom. The van der Waals surface area contributed by atoms with E-state index in [0.717, 1.165) is 11.5 Å². The van der Waals surface area contributed by atoms with Crippen molar-refractivity contribution in [1.29, 1.82) is 0 Å². The monoisotopic (exact) mass is 366 g/mol. The van der Waals surface area contributed by atoms with Crippen molar-refractivity contribution in [3.05, 3.63) is 18.2 Å². The first-order valence-electron chi connectivity index (χ1n) is 8.80. The van der Waals surface area contributed by atoms with E-state index in [2.05, 4.69) is 19.6 Å². The van der Waals surface area contributed by atoms with Gasteiger partial charge in [0, 0.05) is 20.7 Å². The van der Waals surface area contributed by atoms with E-state index < -0.39 is 26.4 Å². The van der Waals surface area contributed by atoms with Crippen molar-refractivity contribution in [3.63, 3.8) is 0 Å². The minimum Gasteiger partial charge on any atom is -0.508 e. The number of hydrogen-bond acceptors (Lipinski definition) is 5. The highest BCUT2D eigenvalue weighted by Gasteiger charge is 2.51. The Balaban J connectivity index is 1.97. The summed E-state index contributed by atoms with van der Waals surface area (Å²) in [6.45, 7) is 15.8. The van der Waals surface area contributed by atoms with Crippen LogP contribution in [0.5, 0.6) is 11.5 Å². The molecule has 1 fully saturated rings. The fourth-order valence-electron chi connectivity index (χ4n) is 2.35. The Morgan fingerprint density at radius 2 is 1.64 bits per heavy atom. The molecule has 1 aliphatic rings. The molecule has 1 heterocycles. The highest BCUT2D eigenvalue weighted by atomic mass is 28.3. The lowest BCUT2D eigenvalue weighted by Gasteiger charge is -2.32. The summed E-state index contributed by atoms with van der Waals surface area (Å²) < 4.78 is 23.2. The van der Waals surface area contributed by atoms with Crippen LogP contribution in [0.1, 0.15) is 27.7 Å². The number of hydrogen-bond donors (Lipinski definition) is 1. The van der Waals surface area contributed by atoms with Gasteiger partial charge in [-0.1, -0.05) is 19.6 Å². The quantitative estimate of drug-likeness (QED) is 0.455. The minimum absolute atomic E-state index is 0.115. The number of phenols is 1. The third-order valence-corrected chi connectivity index (χ3v) is 6.45. The summed E-state index contributed by atoms with van der Waals surface area (Å²) in [5, 5.41) is 10.00. The SMILES string of the molecule is CC1(C)OB(c2cc(O)cc(OCOCC[Si](C)(C)C)c2)OC1(C)C. The van der Waals surface area contributed by atoms with Crippen molar-refractivity contribution in [2.75, 3.05) is 13.4 Å². The molecule has 0 radical (unpaired) electrons. The second-order valence-corrected chi connectivity index (χ2v) is 14.5. The van der Waals surface area contributed by atoms with Crippen LogP contribution < -0.4 is 10.2 Å². The molecule has 0 amide bonds. The lowest BCUT2D eigenvalue weighted by Crippen LogP contribution is -2.41. The topological polar surface area (TPSA) is 57.2 Å². The number of aromatic hydroxyl groups is 1. The first kappa shape index (κ1) is 20.3. The van der Waals surface area contributed by atoms with Gasteiger partial charge in [-0.05, 0) is 51.3 Å². The molecule has 1 aromatic rings. The first-order chi connectivity index (χ1) is 11.4. The second-order valence-electron chi connectivity index (χ2n) is 8.83. The van der Waals surface area contributed by atoms with Gasteiger partial charge in [0.05, 0.1) is 11.2 Å². The van der Waals surface area contributed by atoms with Crippen molar-refractivity contribution in [1.82, 2.24) is 0 Å². The Labute approximate surface area is 152 Å². The zero-order chi connectivity index (χ0) is 18.9. The number of benzene rings is 1. The van der Waals surface area contributed by atoms with E-state index in [0.29, 0.717) is 12.4 Å². The summed E-state index contributed by atoms with van der Waals surface area (Å²) in [7, 11) is -1.64. The summed E-state index contributed by atoms with van der Waals surface area (Å²) in [4.78, 5) is 0. The van der Waals surface area contributed by atoms with Crippen LogP contribution in [0, 0.1) is 0 Å². The van der Waals surface area contributed by atoms with Crippen LogP contribution in [0.2, 0.25) is 25.7 Å². The Bertz CT molecular complexity index is 582. The van der Waals surface area contributed by atoms with Gasteiger partial charge < -0.3 is 23.9 Å². The zero-order valence-electron chi connectivity index (χ0n) is 16.5. The molecular formula is C18H31BO5Si. The van der Waals surface area contributed by atoms with Crippen molar-refractivity contribution in [3.8, 4) is 11.5 Å². The molecule has 1 saturated heterocycles. The summed E-state index contributed by atoms with van der Waals surface area (Å²) in [5.74, 6) is 0.655. The van der Waals surface area contributed by atoms with Crippen LogP contribution in [0.3, 0.4) is 0 Å². The third kappa shape index (κ3) is 5.48. The van der Waals surface area contributed by atoms with Crippen molar-refractivity contribution < 1.29 is 23.9 Å². The van der Waals surface area contributed by atoms with Gasteiger partial charge in [-0.25, -0.2) is 0 Å². The van der Waals surface area contributed by atoms with Gasteiger partial charge in [0.15, 0.2) is 6.79 Å². The molecule has 0 saturated carbocycles. The molecule has 0 unspecified atom stereocenters. The molecule has 25 heavy (non-hydrogen) atoms. The molecule has 2 rings (SSSR count). The first-order valence-corrected chi connectivity index (χ1v) is 12.5. The number of rotatable bonds is 7. The highest BCUT2D eigenvalue weighted by Crippen LogP contribution is 2.37. The standard InChI is InChI=1S/C18H31BO5Si/c1-17(2)18(3,4)24-19(23-17)14-10-15(20)12-16(11-14)22-13-21-8-9-25(5,6)7/h10-12,20H,8-9,13H2,1-7H3. The van der Waals surface area contributed by atoms with Crippen molar-refractivity contribution >= 4 is 20.7 Å².